The SMILES string of the molecule is CC(C)(C)OC(=O)N1CCc2nc(Nc3ncc(C(F)(F)F)c(N4OCC[C@H]4c4ccccc4)n3)ccc2C1. The van der Waals surface area contributed by atoms with E-state index in [1.165, 1.54) is 5.06 Å². The summed E-state index contributed by atoms with van der Waals surface area (Å²) in [6.45, 7) is 6.49. The maximum absolute atomic E-state index is 13.9. The van der Waals surface area contributed by atoms with Crippen LogP contribution in [0.15, 0.2) is 48.7 Å². The van der Waals surface area contributed by atoms with E-state index in [4.69, 9.17) is 9.57 Å². The molecule has 1 amide bonds. The van der Waals surface area contributed by atoms with E-state index in [0.717, 1.165) is 23.0 Å². The van der Waals surface area contributed by atoms with Gasteiger partial charge in [0.25, 0.3) is 0 Å². The first-order valence-corrected chi connectivity index (χ1v) is 12.6. The normalized spacial score (nSPS) is 17.6. The average Bonchev–Trinajstić information content (AvgIpc) is 3.37. The second kappa shape index (κ2) is 10.3. The van der Waals surface area contributed by atoms with Gasteiger partial charge in [0.2, 0.25) is 5.95 Å². The molecular weight excluding hydrogens is 513 g/mol. The van der Waals surface area contributed by atoms with E-state index in [-0.39, 0.29) is 24.5 Å². The minimum atomic E-state index is -4.68. The van der Waals surface area contributed by atoms with Crippen molar-refractivity contribution >= 4 is 23.7 Å². The molecular formula is C27H29F3N6O3. The fourth-order valence-electron chi connectivity index (χ4n) is 4.54. The molecule has 2 aliphatic rings. The van der Waals surface area contributed by atoms with Gasteiger partial charge in [0.05, 0.1) is 19.2 Å². The second-order valence-corrected chi connectivity index (χ2v) is 10.4. The van der Waals surface area contributed by atoms with Crippen LogP contribution in [0.4, 0.5) is 35.5 Å². The molecule has 9 nitrogen and oxygen atoms in total. The Morgan fingerprint density at radius 3 is 2.59 bits per heavy atom. The van der Waals surface area contributed by atoms with Crippen LogP contribution in [0.2, 0.25) is 0 Å². The number of aromatic nitrogens is 3. The van der Waals surface area contributed by atoms with E-state index >= 15 is 0 Å². The number of halogens is 3. The van der Waals surface area contributed by atoms with E-state index in [1.807, 2.05) is 57.2 Å². The Morgan fingerprint density at radius 1 is 1.10 bits per heavy atom. The molecule has 1 N–H and O–H groups in total. The summed E-state index contributed by atoms with van der Waals surface area (Å²) >= 11 is 0. The van der Waals surface area contributed by atoms with Crippen molar-refractivity contribution in [1.29, 1.82) is 0 Å². The predicted molar refractivity (Wildman–Crippen MR) is 137 cm³/mol. The van der Waals surface area contributed by atoms with Gasteiger partial charge in [0, 0.05) is 31.3 Å². The predicted octanol–water partition coefficient (Wildman–Crippen LogP) is 5.81. The molecule has 39 heavy (non-hydrogen) atoms. The van der Waals surface area contributed by atoms with Gasteiger partial charge in [0.1, 0.15) is 17.0 Å². The number of rotatable bonds is 4. The molecule has 1 fully saturated rings. The molecule has 1 atom stereocenters. The Hall–Kier alpha value is -3.93. The van der Waals surface area contributed by atoms with Gasteiger partial charge in [-0.1, -0.05) is 36.4 Å². The standard InChI is InChI=1S/C27H29F3N6O3/c1-26(2,3)39-25(37)35-13-11-20-18(16-35)9-10-22(32-20)33-24-31-15-19(27(28,29)30)23(34-24)36-21(12-14-38-36)17-7-5-4-6-8-17/h4-10,15,21H,11-14,16H2,1-3H3,(H,31,32,33,34)/t21-/m0/s1. The molecule has 12 heteroatoms. The van der Waals surface area contributed by atoms with Gasteiger partial charge in [-0.15, -0.1) is 0 Å². The van der Waals surface area contributed by atoms with Gasteiger partial charge < -0.3 is 15.0 Å². The van der Waals surface area contributed by atoms with Crippen LogP contribution < -0.4 is 10.4 Å². The lowest BCUT2D eigenvalue weighted by molar-refractivity contribution is -0.138. The van der Waals surface area contributed by atoms with E-state index in [9.17, 15) is 18.0 Å². The monoisotopic (exact) mass is 542 g/mol. The summed E-state index contributed by atoms with van der Waals surface area (Å²) in [6, 6.07) is 12.3. The third kappa shape index (κ3) is 6.06. The number of ether oxygens (including phenoxy) is 1. The number of nitrogens with zero attached hydrogens (tertiary/aromatic N) is 5. The number of benzene rings is 1. The van der Waals surface area contributed by atoms with Crippen molar-refractivity contribution in [2.24, 2.45) is 0 Å². The van der Waals surface area contributed by atoms with Crippen LogP contribution in [-0.4, -0.2) is 44.7 Å². The number of amides is 1. The van der Waals surface area contributed by atoms with E-state index in [0.29, 0.717) is 31.7 Å². The number of hydrogen-bond acceptors (Lipinski definition) is 8. The number of carbonyl (C=O) groups excluding carboxylic acids is 1. The van der Waals surface area contributed by atoms with E-state index < -0.39 is 23.4 Å². The zero-order valence-corrected chi connectivity index (χ0v) is 21.8. The van der Waals surface area contributed by atoms with Crippen LogP contribution in [0.1, 0.15) is 55.6 Å². The van der Waals surface area contributed by atoms with Crippen LogP contribution in [-0.2, 0) is 28.7 Å². The number of carbonyl (C=O) groups is 1. The van der Waals surface area contributed by atoms with Crippen molar-refractivity contribution in [2.45, 2.75) is 58.0 Å². The number of pyridine rings is 1. The van der Waals surface area contributed by atoms with Gasteiger partial charge in [-0.25, -0.2) is 19.8 Å². The molecule has 1 saturated heterocycles. The average molecular weight is 543 g/mol. The Morgan fingerprint density at radius 2 is 1.87 bits per heavy atom. The van der Waals surface area contributed by atoms with Crippen LogP contribution in [0.5, 0.6) is 0 Å². The fraction of sp³-hybridized carbons (Fsp3) is 0.407. The minimum absolute atomic E-state index is 0.0426. The van der Waals surface area contributed by atoms with E-state index in [2.05, 4.69) is 20.3 Å². The van der Waals surface area contributed by atoms with Crippen molar-refractivity contribution in [1.82, 2.24) is 19.9 Å². The topological polar surface area (TPSA) is 92.7 Å². The summed E-state index contributed by atoms with van der Waals surface area (Å²) in [6.07, 6.45) is -3.29. The van der Waals surface area contributed by atoms with Gasteiger partial charge >= 0.3 is 12.3 Å². The molecule has 2 aromatic heterocycles. The molecule has 0 radical (unpaired) electrons. The number of anilines is 3. The number of alkyl halides is 3. The van der Waals surface area contributed by atoms with Crippen LogP contribution >= 0.6 is 0 Å². The number of nitrogens with one attached hydrogen (secondary N) is 1. The first-order valence-electron chi connectivity index (χ1n) is 12.6. The summed E-state index contributed by atoms with van der Waals surface area (Å²) in [7, 11) is 0. The van der Waals surface area contributed by atoms with E-state index in [1.54, 1.807) is 11.0 Å². The van der Waals surface area contributed by atoms with Crippen LogP contribution in [0.25, 0.3) is 0 Å². The van der Waals surface area contributed by atoms with Crippen molar-refractivity contribution in [3.63, 3.8) is 0 Å². The summed E-state index contributed by atoms with van der Waals surface area (Å²) in [5, 5.41) is 4.15. The summed E-state index contributed by atoms with van der Waals surface area (Å²) in [5.74, 6) is -0.0246. The molecule has 4 heterocycles. The Kier molecular flexibility index (Phi) is 7.06. The number of hydroxylamine groups is 1. The first-order chi connectivity index (χ1) is 18.5. The molecule has 3 aromatic rings. The van der Waals surface area contributed by atoms with Crippen molar-refractivity contribution in [3.8, 4) is 0 Å². The summed E-state index contributed by atoms with van der Waals surface area (Å²) in [5.41, 5.74) is 0.886. The number of fused-ring (bicyclic) bond motifs is 1. The molecule has 0 aliphatic carbocycles. The van der Waals surface area contributed by atoms with Crippen LogP contribution in [0, 0.1) is 0 Å². The highest BCUT2D eigenvalue weighted by Gasteiger charge is 2.40. The molecule has 0 saturated carbocycles. The molecule has 2 aliphatic heterocycles. The summed E-state index contributed by atoms with van der Waals surface area (Å²) < 4.78 is 47.2. The third-order valence-corrected chi connectivity index (χ3v) is 6.31. The largest absolute Gasteiger partial charge is 0.444 e. The zero-order valence-electron chi connectivity index (χ0n) is 21.8. The Bertz CT molecular complexity index is 1350. The third-order valence-electron chi connectivity index (χ3n) is 6.31. The molecule has 206 valence electrons. The second-order valence-electron chi connectivity index (χ2n) is 10.4. The van der Waals surface area contributed by atoms with Gasteiger partial charge in [-0.2, -0.15) is 18.2 Å². The van der Waals surface area contributed by atoms with Crippen molar-refractivity contribution in [3.05, 3.63) is 71.0 Å². The quantitative estimate of drug-likeness (QED) is 0.442. The highest BCUT2D eigenvalue weighted by molar-refractivity contribution is 5.68. The highest BCUT2D eigenvalue weighted by atomic mass is 19.4. The van der Waals surface area contributed by atoms with Crippen molar-refractivity contribution in [2.75, 3.05) is 23.5 Å². The van der Waals surface area contributed by atoms with Gasteiger partial charge in [0.15, 0.2) is 5.82 Å². The molecule has 1 aromatic carbocycles. The molecule has 0 spiro atoms. The maximum Gasteiger partial charge on any atom is 0.421 e. The molecule has 5 rings (SSSR count). The van der Waals surface area contributed by atoms with Crippen LogP contribution in [0.3, 0.4) is 0 Å². The van der Waals surface area contributed by atoms with Crippen molar-refractivity contribution < 1.29 is 27.5 Å². The first kappa shape index (κ1) is 26.7. The Labute approximate surface area is 223 Å². The zero-order chi connectivity index (χ0) is 27.8. The summed E-state index contributed by atoms with van der Waals surface area (Å²) in [4.78, 5) is 32.4. The Balaban J connectivity index is 1.38. The smallest absolute Gasteiger partial charge is 0.421 e. The molecule has 0 bridgehead atoms. The minimum Gasteiger partial charge on any atom is -0.444 e. The highest BCUT2D eigenvalue weighted by Crippen LogP contribution is 2.41. The lowest BCUT2D eigenvalue weighted by Crippen LogP contribution is -2.40. The fourth-order valence-corrected chi connectivity index (χ4v) is 4.54. The molecule has 0 unspecified atom stereocenters. The lowest BCUT2D eigenvalue weighted by Gasteiger charge is -2.31. The number of hydrogen-bond donors (Lipinski definition) is 1. The van der Waals surface area contributed by atoms with Gasteiger partial charge in [-0.05, 0) is 38.0 Å². The van der Waals surface area contributed by atoms with Gasteiger partial charge in [-0.3, -0.25) is 4.84 Å². The lowest BCUT2D eigenvalue weighted by atomic mass is 10.0. The maximum atomic E-state index is 13.9.